The smallest absolute Gasteiger partial charge is 0.220 e. The zero-order chi connectivity index (χ0) is 34.3. The van der Waals surface area contributed by atoms with Crippen LogP contribution in [0.1, 0.15) is 239 Å². The summed E-state index contributed by atoms with van der Waals surface area (Å²) in [6.45, 7) is 4.36. The minimum atomic E-state index is -0.654. The van der Waals surface area contributed by atoms with Crippen LogP contribution in [-0.2, 0) is 4.79 Å². The maximum absolute atomic E-state index is 12.4. The van der Waals surface area contributed by atoms with E-state index in [1.807, 2.05) is 0 Å². The van der Waals surface area contributed by atoms with Gasteiger partial charge in [0.25, 0.3) is 0 Å². The van der Waals surface area contributed by atoms with Crippen molar-refractivity contribution in [2.75, 3.05) is 6.61 Å². The number of hydrogen-bond acceptors (Lipinski definition) is 3. The fraction of sp³-hybridized carbons (Fsp3) is 0.930. The minimum absolute atomic E-state index is 0.0308. The highest BCUT2D eigenvalue weighted by atomic mass is 16.3. The van der Waals surface area contributed by atoms with Crippen molar-refractivity contribution in [1.82, 2.24) is 5.32 Å². The maximum atomic E-state index is 12.4. The lowest BCUT2D eigenvalue weighted by Crippen LogP contribution is -2.45. The maximum Gasteiger partial charge on any atom is 0.220 e. The van der Waals surface area contributed by atoms with Crippen molar-refractivity contribution in [3.8, 4) is 0 Å². The van der Waals surface area contributed by atoms with Crippen LogP contribution in [-0.4, -0.2) is 34.9 Å². The number of hydrogen-bond donors (Lipinski definition) is 3. The van der Waals surface area contributed by atoms with Crippen LogP contribution in [0.3, 0.4) is 0 Å². The Labute approximate surface area is 295 Å². The summed E-state index contributed by atoms with van der Waals surface area (Å²) in [7, 11) is 0. The van der Waals surface area contributed by atoms with Gasteiger partial charge in [-0.2, -0.15) is 0 Å². The van der Waals surface area contributed by atoms with E-state index in [4.69, 9.17) is 0 Å². The van der Waals surface area contributed by atoms with Crippen LogP contribution in [0.2, 0.25) is 0 Å². The molecule has 0 heterocycles. The molecular weight excluding hydrogens is 578 g/mol. The summed E-state index contributed by atoms with van der Waals surface area (Å²) < 4.78 is 0. The molecule has 0 aliphatic rings. The van der Waals surface area contributed by atoms with Crippen molar-refractivity contribution in [3.05, 3.63) is 12.2 Å². The Morgan fingerprint density at radius 3 is 1.17 bits per heavy atom. The van der Waals surface area contributed by atoms with Crippen molar-refractivity contribution in [2.45, 2.75) is 251 Å². The fourth-order valence-electron chi connectivity index (χ4n) is 6.71. The summed E-state index contributed by atoms with van der Waals surface area (Å²) in [5.41, 5.74) is 0. The van der Waals surface area contributed by atoms with Crippen molar-refractivity contribution in [3.63, 3.8) is 0 Å². The molecule has 0 aliphatic heterocycles. The molecule has 0 rings (SSSR count). The summed E-state index contributed by atoms with van der Waals surface area (Å²) in [6, 6.07) is -0.531. The first kappa shape index (κ1) is 46.1. The quantitative estimate of drug-likeness (QED) is 0.0453. The summed E-state index contributed by atoms with van der Waals surface area (Å²) in [6.07, 6.45) is 48.6. The van der Waals surface area contributed by atoms with Gasteiger partial charge in [0.1, 0.15) is 0 Å². The highest BCUT2D eigenvalue weighted by molar-refractivity contribution is 5.76. The first-order chi connectivity index (χ1) is 23.2. The molecule has 0 saturated heterocycles. The molecule has 1 amide bonds. The van der Waals surface area contributed by atoms with Crippen molar-refractivity contribution in [1.29, 1.82) is 0 Å². The van der Waals surface area contributed by atoms with Crippen LogP contribution >= 0.6 is 0 Å². The predicted molar refractivity (Wildman–Crippen MR) is 207 cm³/mol. The van der Waals surface area contributed by atoms with Crippen LogP contribution in [0.4, 0.5) is 0 Å². The Morgan fingerprint density at radius 2 is 0.809 bits per heavy atom. The fourth-order valence-corrected chi connectivity index (χ4v) is 6.71. The molecule has 4 heteroatoms. The predicted octanol–water partition coefficient (Wildman–Crippen LogP) is 13.1. The van der Waals surface area contributed by atoms with Crippen LogP contribution in [0.25, 0.3) is 0 Å². The largest absolute Gasteiger partial charge is 0.394 e. The summed E-state index contributed by atoms with van der Waals surface area (Å²) in [5.74, 6) is -0.0308. The molecule has 0 saturated carbocycles. The normalized spacial score (nSPS) is 13.0. The number of amides is 1. The summed E-state index contributed by atoms with van der Waals surface area (Å²) >= 11 is 0. The highest BCUT2D eigenvalue weighted by Crippen LogP contribution is 2.16. The number of carbonyl (C=O) groups excluding carboxylic acids is 1. The molecule has 0 aromatic rings. The van der Waals surface area contributed by atoms with E-state index in [1.165, 1.54) is 186 Å². The lowest BCUT2D eigenvalue weighted by Gasteiger charge is -2.22. The van der Waals surface area contributed by atoms with E-state index in [9.17, 15) is 15.0 Å². The van der Waals surface area contributed by atoms with Crippen molar-refractivity contribution >= 4 is 5.91 Å². The lowest BCUT2D eigenvalue weighted by atomic mass is 10.0. The Bertz CT molecular complexity index is 637. The lowest BCUT2D eigenvalue weighted by molar-refractivity contribution is -0.123. The van der Waals surface area contributed by atoms with Crippen LogP contribution in [0.5, 0.6) is 0 Å². The molecule has 2 unspecified atom stereocenters. The van der Waals surface area contributed by atoms with Gasteiger partial charge in [0.2, 0.25) is 5.91 Å². The van der Waals surface area contributed by atoms with Gasteiger partial charge in [-0.3, -0.25) is 4.79 Å². The van der Waals surface area contributed by atoms with E-state index >= 15 is 0 Å². The Balaban J connectivity index is 3.47. The SMILES string of the molecule is CCCCCCCCCC/C=C\CCCCCCCCCCCCCC(=O)NC(CO)C(O)CCCCCCCCCCCCCC. The van der Waals surface area contributed by atoms with Gasteiger partial charge in [-0.25, -0.2) is 0 Å². The van der Waals surface area contributed by atoms with Gasteiger partial charge in [0.15, 0.2) is 0 Å². The average Bonchev–Trinajstić information content (AvgIpc) is 3.07. The molecule has 0 aromatic carbocycles. The Hall–Kier alpha value is -0.870. The van der Waals surface area contributed by atoms with Crippen molar-refractivity contribution in [2.24, 2.45) is 0 Å². The van der Waals surface area contributed by atoms with E-state index in [2.05, 4.69) is 31.3 Å². The topological polar surface area (TPSA) is 69.6 Å². The number of unbranched alkanes of at least 4 members (excludes halogenated alkanes) is 30. The molecule has 0 bridgehead atoms. The second kappa shape index (κ2) is 39.6. The molecule has 0 aromatic heterocycles. The number of aliphatic hydroxyl groups excluding tert-OH is 2. The van der Waals surface area contributed by atoms with E-state index < -0.39 is 12.1 Å². The van der Waals surface area contributed by atoms with Crippen LogP contribution < -0.4 is 5.32 Å². The number of rotatable bonds is 39. The highest BCUT2D eigenvalue weighted by Gasteiger charge is 2.20. The molecule has 0 fully saturated rings. The Kier molecular flexibility index (Phi) is 38.8. The van der Waals surface area contributed by atoms with Crippen molar-refractivity contribution < 1.29 is 15.0 Å². The second-order valence-corrected chi connectivity index (χ2v) is 14.8. The van der Waals surface area contributed by atoms with Gasteiger partial charge in [-0.1, -0.05) is 206 Å². The molecule has 0 radical (unpaired) electrons. The monoisotopic (exact) mass is 664 g/mol. The average molecular weight is 664 g/mol. The number of nitrogens with one attached hydrogen (secondary N) is 1. The van der Waals surface area contributed by atoms with E-state index in [-0.39, 0.29) is 12.5 Å². The van der Waals surface area contributed by atoms with Gasteiger partial charge in [-0.15, -0.1) is 0 Å². The molecule has 47 heavy (non-hydrogen) atoms. The van der Waals surface area contributed by atoms with Gasteiger partial charge in [0, 0.05) is 6.42 Å². The van der Waals surface area contributed by atoms with Gasteiger partial charge >= 0.3 is 0 Å². The third kappa shape index (κ3) is 36.2. The molecular formula is C43H85NO3. The molecule has 2 atom stereocenters. The first-order valence-corrected chi connectivity index (χ1v) is 21.4. The van der Waals surface area contributed by atoms with Gasteiger partial charge in [-0.05, 0) is 38.5 Å². The molecule has 0 aliphatic carbocycles. The van der Waals surface area contributed by atoms with Gasteiger partial charge in [0.05, 0.1) is 18.8 Å². The van der Waals surface area contributed by atoms with Gasteiger partial charge < -0.3 is 15.5 Å². The molecule has 0 spiro atoms. The van der Waals surface area contributed by atoms with Crippen LogP contribution in [0, 0.1) is 0 Å². The number of allylic oxidation sites excluding steroid dienone is 2. The van der Waals surface area contributed by atoms with E-state index in [1.54, 1.807) is 0 Å². The van der Waals surface area contributed by atoms with E-state index in [0.717, 1.165) is 25.7 Å². The molecule has 3 N–H and O–H groups in total. The standard InChI is InChI=1S/C43H85NO3/c1-3-5-7-9-11-13-15-17-18-19-20-21-22-23-24-25-26-27-29-31-33-35-37-39-43(47)44-41(40-45)42(46)38-36-34-32-30-28-16-14-12-10-8-6-4-2/h19-20,41-42,45-46H,3-18,21-40H2,1-2H3,(H,44,47)/b20-19-. The first-order valence-electron chi connectivity index (χ1n) is 21.4. The zero-order valence-electron chi connectivity index (χ0n) is 32.1. The molecule has 4 nitrogen and oxygen atoms in total. The Morgan fingerprint density at radius 1 is 0.489 bits per heavy atom. The van der Waals surface area contributed by atoms with Crippen LogP contribution in [0.15, 0.2) is 12.2 Å². The summed E-state index contributed by atoms with van der Waals surface area (Å²) in [5, 5.41) is 23.1. The zero-order valence-corrected chi connectivity index (χ0v) is 32.1. The third-order valence-corrected chi connectivity index (χ3v) is 10.0. The number of carbonyl (C=O) groups is 1. The third-order valence-electron chi connectivity index (χ3n) is 10.0. The second-order valence-electron chi connectivity index (χ2n) is 14.8. The molecule has 280 valence electrons. The summed E-state index contributed by atoms with van der Waals surface area (Å²) in [4.78, 5) is 12.4. The minimum Gasteiger partial charge on any atom is -0.394 e. The number of aliphatic hydroxyl groups is 2. The van der Waals surface area contributed by atoms with E-state index in [0.29, 0.717) is 12.8 Å².